The summed E-state index contributed by atoms with van der Waals surface area (Å²) >= 11 is 0. The van der Waals surface area contributed by atoms with Gasteiger partial charge in [0.05, 0.1) is 5.92 Å². The molecule has 0 aromatic heterocycles. The van der Waals surface area contributed by atoms with E-state index in [1.807, 2.05) is 0 Å². The third kappa shape index (κ3) is 1.08. The van der Waals surface area contributed by atoms with E-state index < -0.39 is 0 Å². The van der Waals surface area contributed by atoms with Crippen LogP contribution >= 0.6 is 0 Å². The van der Waals surface area contributed by atoms with Crippen LogP contribution in [0, 0.1) is 17.3 Å². The van der Waals surface area contributed by atoms with Crippen molar-refractivity contribution in [2.45, 2.75) is 45.1 Å². The molecule has 1 saturated heterocycles. The maximum Gasteiger partial charge on any atom is 0.314 e. The lowest BCUT2D eigenvalue weighted by Gasteiger charge is -2.30. The fourth-order valence-corrected chi connectivity index (χ4v) is 3.60. The Bertz CT molecular complexity index is 319. The lowest BCUT2D eigenvalue weighted by Crippen LogP contribution is -2.31. The molecule has 0 aromatic carbocycles. The normalized spacial score (nSPS) is 45.1. The summed E-state index contributed by atoms with van der Waals surface area (Å²) in [4.78, 5) is 11.6. The smallest absolute Gasteiger partial charge is 0.314 e. The maximum absolute atomic E-state index is 11.6. The Morgan fingerprint density at radius 2 is 2.00 bits per heavy atom. The van der Waals surface area contributed by atoms with Crippen LogP contribution in [0.3, 0.4) is 0 Å². The minimum absolute atomic E-state index is 0.000903. The van der Waals surface area contributed by atoms with Gasteiger partial charge < -0.3 is 4.74 Å². The maximum atomic E-state index is 11.6. The summed E-state index contributed by atoms with van der Waals surface area (Å²) in [5.74, 6) is 0.611. The van der Waals surface area contributed by atoms with Gasteiger partial charge >= 0.3 is 5.97 Å². The van der Waals surface area contributed by atoms with Crippen molar-refractivity contribution in [1.29, 1.82) is 0 Å². The van der Waals surface area contributed by atoms with Gasteiger partial charge in [-0.1, -0.05) is 38.3 Å². The third-order valence-corrected chi connectivity index (χ3v) is 4.70. The molecule has 1 heterocycles. The molecule has 2 nitrogen and oxygen atoms in total. The molecule has 15 heavy (non-hydrogen) atoms. The molecule has 0 unspecified atom stereocenters. The summed E-state index contributed by atoms with van der Waals surface area (Å²) in [6.07, 6.45) is 6.54. The summed E-state index contributed by atoms with van der Waals surface area (Å²) in [5, 5.41) is 0. The molecule has 0 spiro atoms. The summed E-state index contributed by atoms with van der Waals surface area (Å²) in [6.45, 7) is 6.17. The molecule has 1 aliphatic heterocycles. The van der Waals surface area contributed by atoms with E-state index in [2.05, 4.69) is 13.5 Å². The van der Waals surface area contributed by atoms with E-state index in [4.69, 9.17) is 4.74 Å². The Balaban J connectivity index is 1.82. The highest BCUT2D eigenvalue weighted by Gasteiger charge is 2.71. The van der Waals surface area contributed by atoms with Crippen molar-refractivity contribution >= 4 is 5.97 Å². The Kier molecular flexibility index (Phi) is 1.80. The van der Waals surface area contributed by atoms with E-state index in [1.54, 1.807) is 0 Å². The van der Waals surface area contributed by atoms with Crippen LogP contribution in [0.1, 0.15) is 39.0 Å². The minimum atomic E-state index is -0.0157. The Labute approximate surface area is 90.7 Å². The number of carbonyl (C=O) groups excluding carboxylic acids is 1. The van der Waals surface area contributed by atoms with Gasteiger partial charge in [0.15, 0.2) is 0 Å². The Hall–Kier alpha value is -0.790. The molecule has 0 bridgehead atoms. The number of fused-ring (bicyclic) bond motifs is 1. The van der Waals surface area contributed by atoms with Gasteiger partial charge in [0, 0.05) is 5.41 Å². The van der Waals surface area contributed by atoms with E-state index in [1.165, 1.54) is 32.1 Å². The van der Waals surface area contributed by atoms with Gasteiger partial charge in [-0.2, -0.15) is 0 Å². The standard InChI is InChI=1S/C13H18O2/c1-8-10-12(14)15-11(13(8,10)2)9-6-4-3-5-7-9/h9-11H,1,3-7H2,2H3/t10-,11-,13-/m0/s1. The van der Waals surface area contributed by atoms with Crippen molar-refractivity contribution in [1.82, 2.24) is 0 Å². The lowest BCUT2D eigenvalue weighted by atomic mass is 9.79. The van der Waals surface area contributed by atoms with Crippen molar-refractivity contribution in [2.24, 2.45) is 17.3 Å². The summed E-state index contributed by atoms with van der Waals surface area (Å²) in [6, 6.07) is 0. The predicted molar refractivity (Wildman–Crippen MR) is 57.2 cm³/mol. The zero-order valence-electron chi connectivity index (χ0n) is 9.29. The van der Waals surface area contributed by atoms with Crippen molar-refractivity contribution in [3.05, 3.63) is 12.2 Å². The molecule has 2 saturated carbocycles. The molecule has 0 radical (unpaired) electrons. The van der Waals surface area contributed by atoms with Crippen LogP contribution in [0.5, 0.6) is 0 Å². The molecule has 0 amide bonds. The van der Waals surface area contributed by atoms with Crippen molar-refractivity contribution in [3.8, 4) is 0 Å². The second-order valence-corrected chi connectivity index (χ2v) is 5.50. The van der Waals surface area contributed by atoms with E-state index in [0.29, 0.717) is 5.92 Å². The van der Waals surface area contributed by atoms with E-state index in [-0.39, 0.29) is 23.4 Å². The first-order chi connectivity index (χ1) is 7.15. The highest BCUT2D eigenvalue weighted by Crippen LogP contribution is 2.67. The third-order valence-electron chi connectivity index (χ3n) is 4.70. The Morgan fingerprint density at radius 1 is 1.33 bits per heavy atom. The van der Waals surface area contributed by atoms with Crippen LogP contribution in [0.4, 0.5) is 0 Å². The van der Waals surface area contributed by atoms with Crippen LogP contribution in [0.2, 0.25) is 0 Å². The fraction of sp³-hybridized carbons (Fsp3) is 0.769. The van der Waals surface area contributed by atoms with Gasteiger partial charge in [-0.3, -0.25) is 4.79 Å². The largest absolute Gasteiger partial charge is 0.461 e. The predicted octanol–water partition coefficient (Wildman–Crippen LogP) is 2.68. The number of esters is 1. The van der Waals surface area contributed by atoms with Crippen LogP contribution < -0.4 is 0 Å². The monoisotopic (exact) mass is 206 g/mol. The molecule has 0 aromatic rings. The average Bonchev–Trinajstić information content (AvgIpc) is 2.66. The van der Waals surface area contributed by atoms with Gasteiger partial charge in [0.25, 0.3) is 0 Å². The zero-order valence-corrected chi connectivity index (χ0v) is 9.29. The SMILES string of the molecule is C=C1[C@H]2C(=O)O[C@@H](C3CCCCC3)[C@@]12C. The zero-order chi connectivity index (χ0) is 10.6. The van der Waals surface area contributed by atoms with Crippen LogP contribution in [0.25, 0.3) is 0 Å². The van der Waals surface area contributed by atoms with Gasteiger partial charge in [-0.15, -0.1) is 0 Å². The Morgan fingerprint density at radius 3 is 2.53 bits per heavy atom. The first kappa shape index (κ1) is 9.44. The molecule has 2 aliphatic carbocycles. The van der Waals surface area contributed by atoms with E-state index in [9.17, 15) is 4.79 Å². The fourth-order valence-electron chi connectivity index (χ4n) is 3.60. The van der Waals surface area contributed by atoms with Crippen molar-refractivity contribution in [3.63, 3.8) is 0 Å². The van der Waals surface area contributed by atoms with Crippen LogP contribution in [-0.4, -0.2) is 12.1 Å². The summed E-state index contributed by atoms with van der Waals surface area (Å²) in [5.41, 5.74) is 1.12. The van der Waals surface area contributed by atoms with E-state index in [0.717, 1.165) is 5.57 Å². The molecule has 82 valence electrons. The minimum Gasteiger partial charge on any atom is -0.461 e. The second kappa shape index (κ2) is 2.87. The van der Waals surface area contributed by atoms with Crippen LogP contribution in [-0.2, 0) is 9.53 Å². The second-order valence-electron chi connectivity index (χ2n) is 5.50. The molecule has 2 heteroatoms. The van der Waals surface area contributed by atoms with E-state index >= 15 is 0 Å². The molecular formula is C13H18O2. The number of hydrogen-bond acceptors (Lipinski definition) is 2. The number of rotatable bonds is 1. The molecule has 3 fully saturated rings. The number of carbonyl (C=O) groups is 1. The molecule has 0 N–H and O–H groups in total. The van der Waals surface area contributed by atoms with Gasteiger partial charge in [0.1, 0.15) is 6.10 Å². The lowest BCUT2D eigenvalue weighted by molar-refractivity contribution is -0.147. The quantitative estimate of drug-likeness (QED) is 0.487. The van der Waals surface area contributed by atoms with Gasteiger partial charge in [0.2, 0.25) is 0 Å². The van der Waals surface area contributed by atoms with Gasteiger partial charge in [-0.25, -0.2) is 0 Å². The summed E-state index contributed by atoms with van der Waals surface area (Å²) < 4.78 is 5.54. The van der Waals surface area contributed by atoms with Crippen molar-refractivity contribution < 1.29 is 9.53 Å². The molecule has 3 aliphatic rings. The average molecular weight is 206 g/mol. The van der Waals surface area contributed by atoms with Crippen LogP contribution in [0.15, 0.2) is 12.2 Å². The molecular weight excluding hydrogens is 188 g/mol. The van der Waals surface area contributed by atoms with Gasteiger partial charge in [-0.05, 0) is 18.8 Å². The summed E-state index contributed by atoms with van der Waals surface area (Å²) in [7, 11) is 0. The number of ether oxygens (including phenoxy) is 1. The first-order valence-electron chi connectivity index (χ1n) is 6.05. The van der Waals surface area contributed by atoms with Crippen molar-refractivity contribution in [2.75, 3.05) is 0 Å². The highest BCUT2D eigenvalue weighted by atomic mass is 16.6. The highest BCUT2D eigenvalue weighted by molar-refractivity contribution is 5.87. The molecule has 3 atom stereocenters. The number of cyclic esters (lactones) is 1. The molecule has 3 rings (SSSR count). The first-order valence-corrected chi connectivity index (χ1v) is 6.05. The number of hydrogen-bond donors (Lipinski definition) is 0. The topological polar surface area (TPSA) is 26.3 Å².